The molecule has 2 atom stereocenters. The standard InChI is InChI=1S/C14H20FNO/c1-9(2)12-7-6-10-4-3-5-11(15)14(10)13(8-16)17-12/h3-5,9,12-13H,6-8,16H2,1-2H3/t12-,13?/m0/s1. The predicted octanol–water partition coefficient (Wildman–Crippen LogP) is 2.81. The van der Waals surface area contributed by atoms with Crippen LogP contribution in [0.1, 0.15) is 37.5 Å². The van der Waals surface area contributed by atoms with E-state index in [1.54, 1.807) is 6.07 Å². The summed E-state index contributed by atoms with van der Waals surface area (Å²) in [5.41, 5.74) is 7.44. The van der Waals surface area contributed by atoms with Crippen molar-refractivity contribution in [2.45, 2.75) is 38.9 Å². The van der Waals surface area contributed by atoms with Gasteiger partial charge in [-0.15, -0.1) is 0 Å². The molecule has 0 fully saturated rings. The molecule has 2 rings (SSSR count). The van der Waals surface area contributed by atoms with Crippen molar-refractivity contribution in [2.75, 3.05) is 6.54 Å². The first-order valence-electron chi connectivity index (χ1n) is 6.26. The van der Waals surface area contributed by atoms with Crippen molar-refractivity contribution < 1.29 is 9.13 Å². The van der Waals surface area contributed by atoms with Crippen molar-refractivity contribution in [1.82, 2.24) is 0 Å². The number of hydrogen-bond donors (Lipinski definition) is 1. The molecule has 94 valence electrons. The minimum atomic E-state index is -0.305. The topological polar surface area (TPSA) is 35.2 Å². The van der Waals surface area contributed by atoms with Crippen LogP contribution in [-0.4, -0.2) is 12.6 Å². The Morgan fingerprint density at radius 2 is 2.24 bits per heavy atom. The van der Waals surface area contributed by atoms with Crippen LogP contribution in [0.25, 0.3) is 0 Å². The third kappa shape index (κ3) is 2.50. The summed E-state index contributed by atoms with van der Waals surface area (Å²) in [7, 11) is 0. The van der Waals surface area contributed by atoms with Crippen LogP contribution in [-0.2, 0) is 11.2 Å². The van der Waals surface area contributed by atoms with Crippen LogP contribution in [0.5, 0.6) is 0 Å². The number of ether oxygens (including phenoxy) is 1. The maximum atomic E-state index is 13.9. The number of benzene rings is 1. The highest BCUT2D eigenvalue weighted by Gasteiger charge is 2.27. The molecule has 1 aliphatic rings. The van der Waals surface area contributed by atoms with Gasteiger partial charge in [0, 0.05) is 12.1 Å². The highest BCUT2D eigenvalue weighted by Crippen LogP contribution is 2.32. The molecule has 17 heavy (non-hydrogen) atoms. The lowest BCUT2D eigenvalue weighted by Gasteiger charge is -2.24. The van der Waals surface area contributed by atoms with Gasteiger partial charge in [-0.05, 0) is 30.4 Å². The Bertz CT molecular complexity index is 392. The fraction of sp³-hybridized carbons (Fsp3) is 0.571. The second-order valence-corrected chi connectivity index (χ2v) is 4.99. The summed E-state index contributed by atoms with van der Waals surface area (Å²) in [6.07, 6.45) is 1.66. The average Bonchev–Trinajstić information content (AvgIpc) is 2.49. The minimum absolute atomic E-state index is 0.162. The van der Waals surface area contributed by atoms with E-state index in [0.29, 0.717) is 18.0 Å². The first-order chi connectivity index (χ1) is 8.13. The number of halogens is 1. The van der Waals surface area contributed by atoms with Gasteiger partial charge in [0.2, 0.25) is 0 Å². The Morgan fingerprint density at radius 3 is 2.88 bits per heavy atom. The lowest BCUT2D eigenvalue weighted by Crippen LogP contribution is -2.25. The van der Waals surface area contributed by atoms with Gasteiger partial charge in [0.1, 0.15) is 5.82 Å². The second-order valence-electron chi connectivity index (χ2n) is 4.99. The summed E-state index contributed by atoms with van der Waals surface area (Å²) in [4.78, 5) is 0. The SMILES string of the molecule is CC(C)[C@@H]1CCc2cccc(F)c2C(CN)O1. The largest absolute Gasteiger partial charge is 0.369 e. The fourth-order valence-corrected chi connectivity index (χ4v) is 2.47. The van der Waals surface area contributed by atoms with Gasteiger partial charge in [0.15, 0.2) is 0 Å². The molecular formula is C14H20FNO. The summed E-state index contributed by atoms with van der Waals surface area (Å²) in [6, 6.07) is 5.23. The predicted molar refractivity (Wildman–Crippen MR) is 66.2 cm³/mol. The molecule has 3 heteroatoms. The van der Waals surface area contributed by atoms with Crippen molar-refractivity contribution >= 4 is 0 Å². The molecule has 0 aliphatic carbocycles. The minimum Gasteiger partial charge on any atom is -0.369 e. The Labute approximate surface area is 102 Å². The number of hydrogen-bond acceptors (Lipinski definition) is 2. The van der Waals surface area contributed by atoms with E-state index >= 15 is 0 Å². The molecular weight excluding hydrogens is 217 g/mol. The average molecular weight is 237 g/mol. The highest BCUT2D eigenvalue weighted by atomic mass is 19.1. The quantitative estimate of drug-likeness (QED) is 0.858. The van der Waals surface area contributed by atoms with Gasteiger partial charge in [0.05, 0.1) is 12.2 Å². The van der Waals surface area contributed by atoms with Crippen molar-refractivity contribution in [3.8, 4) is 0 Å². The zero-order valence-electron chi connectivity index (χ0n) is 10.4. The molecule has 1 aromatic carbocycles. The van der Waals surface area contributed by atoms with Crippen LogP contribution in [0.4, 0.5) is 4.39 Å². The van der Waals surface area contributed by atoms with E-state index in [2.05, 4.69) is 13.8 Å². The number of fused-ring (bicyclic) bond motifs is 1. The van der Waals surface area contributed by atoms with Gasteiger partial charge in [-0.25, -0.2) is 4.39 Å². The molecule has 0 spiro atoms. The van der Waals surface area contributed by atoms with Crippen LogP contribution >= 0.6 is 0 Å². The number of nitrogens with two attached hydrogens (primary N) is 1. The smallest absolute Gasteiger partial charge is 0.129 e. The highest BCUT2D eigenvalue weighted by molar-refractivity contribution is 5.32. The zero-order valence-corrected chi connectivity index (χ0v) is 10.4. The maximum Gasteiger partial charge on any atom is 0.129 e. The molecule has 0 aromatic heterocycles. The normalized spacial score (nSPS) is 24.5. The molecule has 2 N–H and O–H groups in total. The van der Waals surface area contributed by atoms with Crippen molar-refractivity contribution in [2.24, 2.45) is 11.7 Å². The van der Waals surface area contributed by atoms with Crippen molar-refractivity contribution in [3.63, 3.8) is 0 Å². The summed E-state index contributed by atoms with van der Waals surface area (Å²) in [5.74, 6) is 0.240. The lowest BCUT2D eigenvalue weighted by molar-refractivity contribution is -0.0331. The Hall–Kier alpha value is -0.930. The molecule has 0 amide bonds. The van der Waals surface area contributed by atoms with E-state index in [-0.39, 0.29) is 18.0 Å². The van der Waals surface area contributed by atoms with Crippen LogP contribution in [0.3, 0.4) is 0 Å². The second kappa shape index (κ2) is 5.15. The van der Waals surface area contributed by atoms with Crippen LogP contribution in [0, 0.1) is 11.7 Å². The third-order valence-corrected chi connectivity index (χ3v) is 3.46. The van der Waals surface area contributed by atoms with Crippen molar-refractivity contribution in [1.29, 1.82) is 0 Å². The first kappa shape index (κ1) is 12.5. The lowest BCUT2D eigenvalue weighted by atomic mass is 9.97. The number of rotatable bonds is 2. The Kier molecular flexibility index (Phi) is 3.79. The molecule has 2 nitrogen and oxygen atoms in total. The van der Waals surface area contributed by atoms with E-state index in [1.807, 2.05) is 6.07 Å². The van der Waals surface area contributed by atoms with Gasteiger partial charge in [-0.2, -0.15) is 0 Å². The Balaban J connectivity index is 2.36. The molecule has 1 unspecified atom stereocenters. The summed E-state index contributed by atoms with van der Waals surface area (Å²) < 4.78 is 19.8. The van der Waals surface area contributed by atoms with Crippen molar-refractivity contribution in [3.05, 3.63) is 35.1 Å². The summed E-state index contributed by atoms with van der Waals surface area (Å²) in [6.45, 7) is 4.59. The van der Waals surface area contributed by atoms with Crippen LogP contribution < -0.4 is 5.73 Å². The van der Waals surface area contributed by atoms with Gasteiger partial charge in [-0.1, -0.05) is 26.0 Å². The molecule has 1 aromatic rings. The Morgan fingerprint density at radius 1 is 1.47 bits per heavy atom. The molecule has 0 radical (unpaired) electrons. The monoisotopic (exact) mass is 237 g/mol. The van der Waals surface area contributed by atoms with E-state index < -0.39 is 0 Å². The molecule has 1 heterocycles. The molecule has 0 saturated carbocycles. The third-order valence-electron chi connectivity index (χ3n) is 3.46. The van der Waals surface area contributed by atoms with Crippen LogP contribution in [0.15, 0.2) is 18.2 Å². The van der Waals surface area contributed by atoms with Crippen LogP contribution in [0.2, 0.25) is 0 Å². The molecule has 1 aliphatic heterocycles. The van der Waals surface area contributed by atoms with Gasteiger partial charge in [-0.3, -0.25) is 0 Å². The zero-order chi connectivity index (χ0) is 12.4. The molecule has 0 saturated heterocycles. The summed E-state index contributed by atoms with van der Waals surface area (Å²) >= 11 is 0. The molecule has 0 bridgehead atoms. The van der Waals surface area contributed by atoms with Gasteiger partial charge in [0.25, 0.3) is 0 Å². The fourth-order valence-electron chi connectivity index (χ4n) is 2.47. The van der Waals surface area contributed by atoms with E-state index in [1.165, 1.54) is 6.07 Å². The summed E-state index contributed by atoms with van der Waals surface area (Å²) in [5, 5.41) is 0. The maximum absolute atomic E-state index is 13.9. The first-order valence-corrected chi connectivity index (χ1v) is 6.26. The van der Waals surface area contributed by atoms with E-state index in [0.717, 1.165) is 18.4 Å². The van der Waals surface area contributed by atoms with E-state index in [4.69, 9.17) is 10.5 Å². The van der Waals surface area contributed by atoms with Gasteiger partial charge < -0.3 is 10.5 Å². The van der Waals surface area contributed by atoms with Gasteiger partial charge >= 0.3 is 0 Å². The number of aryl methyl sites for hydroxylation is 1. The van der Waals surface area contributed by atoms with E-state index in [9.17, 15) is 4.39 Å².